The van der Waals surface area contributed by atoms with Gasteiger partial charge in [0.2, 0.25) is 0 Å². The van der Waals surface area contributed by atoms with E-state index in [1.165, 1.54) is 0 Å². The van der Waals surface area contributed by atoms with Crippen molar-refractivity contribution in [2.24, 2.45) is 0 Å². The van der Waals surface area contributed by atoms with Crippen molar-refractivity contribution < 1.29 is 4.74 Å². The lowest BCUT2D eigenvalue weighted by atomic mass is 10.2. The molecule has 5 nitrogen and oxygen atoms in total. The van der Waals surface area contributed by atoms with Gasteiger partial charge in [-0.1, -0.05) is 0 Å². The number of nitrogens with two attached hydrogens (primary N) is 1. The predicted molar refractivity (Wildman–Crippen MR) is 74.1 cm³/mol. The van der Waals surface area contributed by atoms with E-state index in [4.69, 9.17) is 10.5 Å². The molecule has 5 heteroatoms. The van der Waals surface area contributed by atoms with Gasteiger partial charge in [-0.25, -0.2) is 0 Å². The Morgan fingerprint density at radius 3 is 3.00 bits per heavy atom. The Bertz CT molecular complexity index is 720. The van der Waals surface area contributed by atoms with E-state index in [-0.39, 0.29) is 0 Å². The number of hydrogen-bond donors (Lipinski definition) is 1. The Morgan fingerprint density at radius 2 is 2.21 bits per heavy atom. The maximum atomic E-state index is 5.91. The minimum atomic E-state index is 0.646. The molecule has 1 aromatic carbocycles. The molecule has 0 saturated carbocycles. The highest BCUT2D eigenvalue weighted by Crippen LogP contribution is 2.31. The molecule has 0 amide bonds. The van der Waals surface area contributed by atoms with Crippen LogP contribution in [0.15, 0.2) is 42.9 Å². The number of hydrogen-bond acceptors (Lipinski definition) is 4. The number of nitrogen functional groups attached to an aromatic ring is 1. The molecule has 96 valence electrons. The Balaban J connectivity index is 2.03. The second-order valence-electron chi connectivity index (χ2n) is 4.19. The third-order valence-electron chi connectivity index (χ3n) is 2.92. The lowest BCUT2D eigenvalue weighted by molar-refractivity contribution is 0.487. The first-order chi connectivity index (χ1) is 9.28. The number of pyridine rings is 1. The average Bonchev–Trinajstić information content (AvgIpc) is 2.90. The number of rotatable bonds is 3. The highest BCUT2D eigenvalue weighted by Gasteiger charge is 2.07. The van der Waals surface area contributed by atoms with Crippen molar-refractivity contribution in [2.75, 3.05) is 5.73 Å². The molecule has 3 aromatic rings. The number of aryl methyl sites for hydroxylation is 1. The number of anilines is 1. The van der Waals surface area contributed by atoms with Crippen molar-refractivity contribution >= 4 is 16.6 Å². The maximum Gasteiger partial charge on any atom is 0.165 e. The van der Waals surface area contributed by atoms with E-state index in [2.05, 4.69) is 10.1 Å². The molecule has 2 heterocycles. The lowest BCUT2D eigenvalue weighted by Gasteiger charge is -2.08. The molecular weight excluding hydrogens is 240 g/mol. The monoisotopic (exact) mass is 254 g/mol. The fourth-order valence-electron chi connectivity index (χ4n) is 1.95. The number of nitrogens with zero attached hydrogens (tertiary/aromatic N) is 3. The summed E-state index contributed by atoms with van der Waals surface area (Å²) in [6.45, 7) is 2.84. The van der Waals surface area contributed by atoms with Gasteiger partial charge in [0.05, 0.1) is 23.6 Å². The largest absolute Gasteiger partial charge is 0.453 e. The van der Waals surface area contributed by atoms with Crippen LogP contribution in [0.2, 0.25) is 0 Å². The lowest BCUT2D eigenvalue weighted by Crippen LogP contribution is -1.93. The summed E-state index contributed by atoms with van der Waals surface area (Å²) >= 11 is 0. The minimum absolute atomic E-state index is 0.646. The summed E-state index contributed by atoms with van der Waals surface area (Å²) in [5.74, 6) is 1.43. The molecule has 0 spiro atoms. The molecule has 0 aliphatic carbocycles. The van der Waals surface area contributed by atoms with Crippen LogP contribution in [0.3, 0.4) is 0 Å². The molecule has 0 saturated heterocycles. The molecule has 19 heavy (non-hydrogen) atoms. The van der Waals surface area contributed by atoms with Crippen LogP contribution in [-0.2, 0) is 6.54 Å². The third-order valence-corrected chi connectivity index (χ3v) is 2.92. The summed E-state index contributed by atoms with van der Waals surface area (Å²) < 4.78 is 7.66. The molecule has 0 radical (unpaired) electrons. The molecule has 0 atom stereocenters. The Hall–Kier alpha value is -2.56. The number of fused-ring (bicyclic) bond motifs is 1. The Morgan fingerprint density at radius 1 is 1.32 bits per heavy atom. The van der Waals surface area contributed by atoms with Gasteiger partial charge in [0.1, 0.15) is 5.75 Å². The van der Waals surface area contributed by atoms with Crippen LogP contribution in [-0.4, -0.2) is 14.8 Å². The molecule has 2 aromatic heterocycles. The molecule has 0 bridgehead atoms. The summed E-state index contributed by atoms with van der Waals surface area (Å²) in [7, 11) is 0. The highest BCUT2D eigenvalue weighted by atomic mass is 16.5. The maximum absolute atomic E-state index is 5.91. The quantitative estimate of drug-likeness (QED) is 0.730. The van der Waals surface area contributed by atoms with Gasteiger partial charge in [-0.3, -0.25) is 9.67 Å². The number of benzene rings is 1. The van der Waals surface area contributed by atoms with E-state index in [0.717, 1.165) is 23.2 Å². The summed E-state index contributed by atoms with van der Waals surface area (Å²) in [6, 6.07) is 7.46. The van der Waals surface area contributed by atoms with E-state index in [9.17, 15) is 0 Å². The van der Waals surface area contributed by atoms with E-state index in [1.54, 1.807) is 18.5 Å². The second-order valence-corrected chi connectivity index (χ2v) is 4.19. The number of ether oxygens (including phenoxy) is 1. The Kier molecular flexibility index (Phi) is 2.79. The first kappa shape index (κ1) is 11.5. The zero-order valence-electron chi connectivity index (χ0n) is 10.6. The van der Waals surface area contributed by atoms with Gasteiger partial charge in [0.15, 0.2) is 5.75 Å². The van der Waals surface area contributed by atoms with Crippen LogP contribution in [0.25, 0.3) is 10.9 Å². The zero-order chi connectivity index (χ0) is 13.2. The van der Waals surface area contributed by atoms with Gasteiger partial charge in [0, 0.05) is 18.1 Å². The standard InChI is InChI=1S/C14H14N4O/c1-2-18-9-10(8-17-18)19-13-6-5-12(15)14-11(13)4-3-7-16-14/h3-9H,2,15H2,1H3. The summed E-state index contributed by atoms with van der Waals surface area (Å²) in [6.07, 6.45) is 5.28. The van der Waals surface area contributed by atoms with Crippen molar-refractivity contribution in [3.63, 3.8) is 0 Å². The van der Waals surface area contributed by atoms with Crippen LogP contribution in [0.5, 0.6) is 11.5 Å². The van der Waals surface area contributed by atoms with Crippen LogP contribution >= 0.6 is 0 Å². The zero-order valence-corrected chi connectivity index (χ0v) is 10.6. The van der Waals surface area contributed by atoms with Crippen molar-refractivity contribution in [3.8, 4) is 11.5 Å². The van der Waals surface area contributed by atoms with Gasteiger partial charge < -0.3 is 10.5 Å². The van der Waals surface area contributed by atoms with Crippen LogP contribution in [0.4, 0.5) is 5.69 Å². The van der Waals surface area contributed by atoms with Crippen LogP contribution in [0, 0.1) is 0 Å². The predicted octanol–water partition coefficient (Wildman–Crippen LogP) is 2.83. The first-order valence-electron chi connectivity index (χ1n) is 6.11. The molecule has 0 aliphatic heterocycles. The normalized spacial score (nSPS) is 10.8. The van der Waals surface area contributed by atoms with E-state index < -0.39 is 0 Å². The first-order valence-corrected chi connectivity index (χ1v) is 6.11. The van der Waals surface area contributed by atoms with Crippen LogP contribution < -0.4 is 10.5 Å². The van der Waals surface area contributed by atoms with E-state index >= 15 is 0 Å². The molecule has 0 unspecified atom stereocenters. The highest BCUT2D eigenvalue weighted by molar-refractivity contribution is 5.93. The van der Waals surface area contributed by atoms with Gasteiger partial charge in [-0.2, -0.15) is 5.10 Å². The summed E-state index contributed by atoms with van der Waals surface area (Å²) in [5.41, 5.74) is 7.31. The van der Waals surface area contributed by atoms with Crippen LogP contribution in [0.1, 0.15) is 6.92 Å². The number of aromatic nitrogens is 3. The van der Waals surface area contributed by atoms with Gasteiger partial charge >= 0.3 is 0 Å². The smallest absolute Gasteiger partial charge is 0.165 e. The van der Waals surface area contributed by atoms with Crippen molar-refractivity contribution in [2.45, 2.75) is 13.5 Å². The summed E-state index contributed by atoms with van der Waals surface area (Å²) in [4.78, 5) is 4.28. The van der Waals surface area contributed by atoms with E-state index in [0.29, 0.717) is 11.4 Å². The molecule has 3 rings (SSSR count). The van der Waals surface area contributed by atoms with Crippen molar-refractivity contribution in [1.29, 1.82) is 0 Å². The molecular formula is C14H14N4O. The van der Waals surface area contributed by atoms with Gasteiger partial charge in [-0.05, 0) is 31.2 Å². The molecule has 2 N–H and O–H groups in total. The third kappa shape index (κ3) is 2.10. The topological polar surface area (TPSA) is 66.0 Å². The molecule has 0 aliphatic rings. The fraction of sp³-hybridized carbons (Fsp3) is 0.143. The SMILES string of the molecule is CCn1cc(Oc2ccc(N)c3ncccc23)cn1. The van der Waals surface area contributed by atoms with Gasteiger partial charge in [-0.15, -0.1) is 0 Å². The summed E-state index contributed by atoms with van der Waals surface area (Å²) in [5, 5.41) is 5.07. The fourth-order valence-corrected chi connectivity index (χ4v) is 1.95. The molecule has 0 fully saturated rings. The Labute approximate surface area is 110 Å². The second kappa shape index (κ2) is 4.61. The minimum Gasteiger partial charge on any atom is -0.453 e. The van der Waals surface area contributed by atoms with Crippen molar-refractivity contribution in [1.82, 2.24) is 14.8 Å². The van der Waals surface area contributed by atoms with E-state index in [1.807, 2.05) is 36.0 Å². The average molecular weight is 254 g/mol. The van der Waals surface area contributed by atoms with Crippen molar-refractivity contribution in [3.05, 3.63) is 42.9 Å². The van der Waals surface area contributed by atoms with Gasteiger partial charge in [0.25, 0.3) is 0 Å².